The van der Waals surface area contributed by atoms with Crippen molar-refractivity contribution in [2.75, 3.05) is 18.2 Å². The Balaban J connectivity index is 2.41. The van der Waals surface area contributed by atoms with Crippen LogP contribution >= 0.6 is 0 Å². The highest BCUT2D eigenvalue weighted by atomic mass is 16.5. The first-order valence-corrected chi connectivity index (χ1v) is 6.18. The lowest BCUT2D eigenvalue weighted by molar-refractivity contribution is 0.0696. The highest BCUT2D eigenvalue weighted by molar-refractivity contribution is 6.07. The van der Waals surface area contributed by atoms with Crippen LogP contribution in [0.4, 0.5) is 11.5 Å². The number of H-pyrrole nitrogens is 2. The van der Waals surface area contributed by atoms with E-state index in [1.54, 1.807) is 0 Å². The summed E-state index contributed by atoms with van der Waals surface area (Å²) in [5, 5.41) is 11.2. The largest absolute Gasteiger partial charge is 0.496 e. The van der Waals surface area contributed by atoms with Gasteiger partial charge in [-0.05, 0) is 18.2 Å². The average Bonchev–Trinajstić information content (AvgIpc) is 2.49. The van der Waals surface area contributed by atoms with E-state index < -0.39 is 23.1 Å². The lowest BCUT2D eigenvalue weighted by Gasteiger charge is -2.10. The number of aromatic amines is 2. The van der Waals surface area contributed by atoms with Gasteiger partial charge >= 0.3 is 11.7 Å². The summed E-state index contributed by atoms with van der Waals surface area (Å²) < 4.78 is 4.98. The first kappa shape index (κ1) is 15.8. The molecule has 2 aromatic rings. The number of hydrogen-bond acceptors (Lipinski definition) is 6. The van der Waals surface area contributed by atoms with Crippen LogP contribution < -0.4 is 27.0 Å². The number of nitrogen functional groups attached to an aromatic ring is 1. The molecule has 0 unspecified atom stereocenters. The first-order valence-electron chi connectivity index (χ1n) is 6.18. The zero-order valence-electron chi connectivity index (χ0n) is 11.8. The Bertz CT molecular complexity index is 898. The number of ether oxygens (including phenoxy) is 1. The monoisotopic (exact) mass is 320 g/mol. The fourth-order valence-electron chi connectivity index (χ4n) is 1.82. The molecular formula is C13H12N4O6. The molecule has 1 aromatic carbocycles. The van der Waals surface area contributed by atoms with Gasteiger partial charge in [0.05, 0.1) is 18.2 Å². The average molecular weight is 320 g/mol. The minimum absolute atomic E-state index is 0.00169. The molecule has 1 aromatic heterocycles. The van der Waals surface area contributed by atoms with Gasteiger partial charge < -0.3 is 20.9 Å². The summed E-state index contributed by atoms with van der Waals surface area (Å²) in [6.45, 7) is 0. The Hall–Kier alpha value is -3.56. The third-order valence-corrected chi connectivity index (χ3v) is 2.90. The van der Waals surface area contributed by atoms with Gasteiger partial charge in [-0.2, -0.15) is 0 Å². The minimum Gasteiger partial charge on any atom is -0.496 e. The second-order valence-electron chi connectivity index (χ2n) is 4.37. The van der Waals surface area contributed by atoms with E-state index in [4.69, 9.17) is 15.6 Å². The van der Waals surface area contributed by atoms with Gasteiger partial charge in [0.1, 0.15) is 17.3 Å². The maximum atomic E-state index is 12.2. The minimum atomic E-state index is -1.18. The molecule has 0 bridgehead atoms. The van der Waals surface area contributed by atoms with Gasteiger partial charge in [-0.3, -0.25) is 19.6 Å². The quantitative estimate of drug-likeness (QED) is 0.511. The van der Waals surface area contributed by atoms with Gasteiger partial charge in [-0.15, -0.1) is 0 Å². The van der Waals surface area contributed by atoms with Gasteiger partial charge in [-0.25, -0.2) is 9.59 Å². The molecule has 120 valence electrons. The van der Waals surface area contributed by atoms with Crippen LogP contribution in [0, 0.1) is 0 Å². The second-order valence-corrected chi connectivity index (χ2v) is 4.37. The smallest absolute Gasteiger partial charge is 0.335 e. The van der Waals surface area contributed by atoms with Crippen molar-refractivity contribution in [1.29, 1.82) is 0 Å². The lowest BCUT2D eigenvalue weighted by Crippen LogP contribution is -2.29. The molecule has 2 rings (SSSR count). The molecule has 0 aliphatic heterocycles. The van der Waals surface area contributed by atoms with Crippen molar-refractivity contribution in [3.05, 3.63) is 50.2 Å². The van der Waals surface area contributed by atoms with Crippen LogP contribution in [-0.2, 0) is 0 Å². The maximum absolute atomic E-state index is 12.2. The Morgan fingerprint density at radius 2 is 1.96 bits per heavy atom. The number of carboxylic acid groups (broad SMARTS) is 1. The molecule has 0 aliphatic rings. The number of amides is 1. The molecule has 0 fully saturated rings. The summed E-state index contributed by atoms with van der Waals surface area (Å²) in [5.74, 6) is -2.25. The number of nitrogens with two attached hydrogens (primary N) is 1. The fraction of sp³-hybridized carbons (Fsp3) is 0.0769. The van der Waals surface area contributed by atoms with E-state index in [2.05, 4.69) is 10.3 Å². The number of anilines is 2. The normalized spacial score (nSPS) is 10.1. The lowest BCUT2D eigenvalue weighted by atomic mass is 10.1. The summed E-state index contributed by atoms with van der Waals surface area (Å²) in [4.78, 5) is 49.9. The molecule has 6 N–H and O–H groups in total. The van der Waals surface area contributed by atoms with E-state index in [0.717, 1.165) is 6.07 Å². The number of hydrogen-bond donors (Lipinski definition) is 5. The third kappa shape index (κ3) is 3.20. The molecule has 0 saturated heterocycles. The van der Waals surface area contributed by atoms with Crippen LogP contribution in [0.5, 0.6) is 5.75 Å². The standard InChI is InChI=1S/C13H12N4O6/c1-23-7-4-5(12(20)21)2-3-6(7)10(18)15-8-9(14)16-13(22)17-11(8)19/h2-4H,1H3,(H,15,18)(H,20,21)(H4,14,16,17,19,22). The molecule has 0 atom stereocenters. The number of aromatic carboxylic acids is 1. The van der Waals surface area contributed by atoms with Crippen molar-refractivity contribution in [2.24, 2.45) is 0 Å². The Labute approximate surface area is 127 Å². The number of carbonyl (C=O) groups excluding carboxylic acids is 1. The second kappa shape index (κ2) is 6.05. The number of nitrogens with one attached hydrogen (secondary N) is 3. The number of methoxy groups -OCH3 is 1. The molecule has 0 saturated carbocycles. The molecule has 10 nitrogen and oxygen atoms in total. The number of rotatable bonds is 4. The Kier molecular flexibility index (Phi) is 4.16. The fourth-order valence-corrected chi connectivity index (χ4v) is 1.82. The van der Waals surface area contributed by atoms with E-state index in [1.807, 2.05) is 4.98 Å². The van der Waals surface area contributed by atoms with Crippen LogP contribution in [0.2, 0.25) is 0 Å². The molecule has 10 heteroatoms. The third-order valence-electron chi connectivity index (χ3n) is 2.90. The number of carbonyl (C=O) groups is 2. The molecule has 23 heavy (non-hydrogen) atoms. The highest BCUT2D eigenvalue weighted by Crippen LogP contribution is 2.21. The zero-order valence-corrected chi connectivity index (χ0v) is 11.8. The van der Waals surface area contributed by atoms with Gasteiger partial charge in [-0.1, -0.05) is 0 Å². The van der Waals surface area contributed by atoms with Gasteiger partial charge in [0.2, 0.25) is 0 Å². The van der Waals surface area contributed by atoms with E-state index in [0.29, 0.717) is 0 Å². The SMILES string of the molecule is COc1cc(C(=O)O)ccc1C(=O)Nc1c(N)[nH]c(=O)[nH]c1=O. The summed E-state index contributed by atoms with van der Waals surface area (Å²) in [6.07, 6.45) is 0. The van der Waals surface area contributed by atoms with E-state index in [9.17, 15) is 19.2 Å². The topological polar surface area (TPSA) is 167 Å². The van der Waals surface area contributed by atoms with Gasteiger partial charge in [0.15, 0.2) is 0 Å². The van der Waals surface area contributed by atoms with E-state index in [1.165, 1.54) is 19.2 Å². The Morgan fingerprint density at radius 1 is 1.26 bits per heavy atom. The van der Waals surface area contributed by atoms with Crippen molar-refractivity contribution < 1.29 is 19.4 Å². The van der Waals surface area contributed by atoms with Gasteiger partial charge in [0, 0.05) is 0 Å². The first-order chi connectivity index (χ1) is 10.8. The molecule has 0 spiro atoms. The maximum Gasteiger partial charge on any atom is 0.335 e. The molecule has 1 heterocycles. The van der Waals surface area contributed by atoms with Crippen LogP contribution in [0.15, 0.2) is 27.8 Å². The van der Waals surface area contributed by atoms with Crippen molar-refractivity contribution in [3.8, 4) is 5.75 Å². The highest BCUT2D eigenvalue weighted by Gasteiger charge is 2.18. The number of carboxylic acids is 1. The van der Waals surface area contributed by atoms with E-state index >= 15 is 0 Å². The van der Waals surface area contributed by atoms with Crippen molar-refractivity contribution in [2.45, 2.75) is 0 Å². The Morgan fingerprint density at radius 3 is 2.52 bits per heavy atom. The molecular weight excluding hydrogens is 308 g/mol. The summed E-state index contributed by atoms with van der Waals surface area (Å²) >= 11 is 0. The van der Waals surface area contributed by atoms with Gasteiger partial charge in [0.25, 0.3) is 11.5 Å². The van der Waals surface area contributed by atoms with Crippen LogP contribution in [-0.4, -0.2) is 34.1 Å². The number of aromatic nitrogens is 2. The molecule has 0 radical (unpaired) electrons. The van der Waals surface area contributed by atoms with Crippen molar-refractivity contribution in [1.82, 2.24) is 9.97 Å². The molecule has 1 amide bonds. The van der Waals surface area contributed by atoms with Crippen molar-refractivity contribution >= 4 is 23.4 Å². The zero-order chi connectivity index (χ0) is 17.1. The summed E-state index contributed by atoms with van der Waals surface area (Å²) in [6, 6.07) is 3.60. The predicted octanol–water partition coefficient (Wildman–Crippen LogP) is -0.395. The summed E-state index contributed by atoms with van der Waals surface area (Å²) in [5.41, 5.74) is 3.38. The van der Waals surface area contributed by atoms with E-state index in [-0.39, 0.29) is 28.4 Å². The molecule has 0 aliphatic carbocycles. The van der Waals surface area contributed by atoms with Crippen LogP contribution in [0.1, 0.15) is 20.7 Å². The number of benzene rings is 1. The van der Waals surface area contributed by atoms with Crippen LogP contribution in [0.3, 0.4) is 0 Å². The van der Waals surface area contributed by atoms with Crippen LogP contribution in [0.25, 0.3) is 0 Å². The predicted molar refractivity (Wildman–Crippen MR) is 80.0 cm³/mol. The van der Waals surface area contributed by atoms with Crippen molar-refractivity contribution in [3.63, 3.8) is 0 Å². The summed E-state index contributed by atoms with van der Waals surface area (Å²) in [7, 11) is 1.26.